The van der Waals surface area contributed by atoms with Crippen molar-refractivity contribution in [2.24, 2.45) is 5.92 Å². The van der Waals surface area contributed by atoms with Crippen LogP contribution >= 0.6 is 22.6 Å². The van der Waals surface area contributed by atoms with Crippen LogP contribution in [0, 0.1) is 9.49 Å². The highest BCUT2D eigenvalue weighted by molar-refractivity contribution is 14.1. The Labute approximate surface area is 115 Å². The van der Waals surface area contributed by atoms with Crippen molar-refractivity contribution in [3.63, 3.8) is 0 Å². The molecule has 0 aromatic carbocycles. The molecule has 94 valence electrons. The second kappa shape index (κ2) is 5.95. The molecule has 0 saturated carbocycles. The van der Waals surface area contributed by atoms with Crippen LogP contribution in [0.2, 0.25) is 0 Å². The fourth-order valence-electron chi connectivity index (χ4n) is 2.06. The molecule has 1 atom stereocenters. The average molecular weight is 347 g/mol. The highest BCUT2D eigenvalue weighted by atomic mass is 127. The summed E-state index contributed by atoms with van der Waals surface area (Å²) in [7, 11) is 0. The fourth-order valence-corrected chi connectivity index (χ4v) is 2.57. The predicted molar refractivity (Wildman–Crippen MR) is 75.8 cm³/mol. The number of hydrogen-bond acceptors (Lipinski definition) is 4. The zero-order valence-electron chi connectivity index (χ0n) is 10.1. The first-order valence-corrected chi connectivity index (χ1v) is 7.17. The van der Waals surface area contributed by atoms with Gasteiger partial charge in [0.2, 0.25) is 0 Å². The number of anilines is 1. The SMILES string of the molecule is CCCc1nc(CC2CCOC2)nc(N)c1I. The lowest BCUT2D eigenvalue weighted by Gasteiger charge is -2.10. The molecule has 1 aromatic rings. The lowest BCUT2D eigenvalue weighted by atomic mass is 10.0. The molecule has 1 aromatic heterocycles. The molecule has 1 unspecified atom stereocenters. The first-order chi connectivity index (χ1) is 8.20. The molecule has 0 radical (unpaired) electrons. The number of rotatable bonds is 4. The van der Waals surface area contributed by atoms with E-state index < -0.39 is 0 Å². The van der Waals surface area contributed by atoms with Crippen molar-refractivity contribution in [1.29, 1.82) is 0 Å². The molecule has 0 spiro atoms. The van der Waals surface area contributed by atoms with Gasteiger partial charge in [-0.05, 0) is 41.4 Å². The summed E-state index contributed by atoms with van der Waals surface area (Å²) in [5.41, 5.74) is 7.03. The maximum absolute atomic E-state index is 5.94. The smallest absolute Gasteiger partial charge is 0.140 e. The predicted octanol–water partition coefficient (Wildman–Crippen LogP) is 2.19. The monoisotopic (exact) mass is 347 g/mol. The van der Waals surface area contributed by atoms with E-state index in [-0.39, 0.29) is 0 Å². The molecule has 2 rings (SSSR count). The number of hydrogen-bond donors (Lipinski definition) is 1. The first kappa shape index (κ1) is 13.0. The minimum Gasteiger partial charge on any atom is -0.383 e. The minimum atomic E-state index is 0.559. The van der Waals surface area contributed by atoms with Gasteiger partial charge in [-0.1, -0.05) is 13.3 Å². The molecule has 2 N–H and O–H groups in total. The second-order valence-corrected chi connectivity index (χ2v) is 5.55. The van der Waals surface area contributed by atoms with Crippen LogP contribution in [-0.2, 0) is 17.6 Å². The third-order valence-electron chi connectivity index (χ3n) is 2.97. The molecule has 1 aliphatic heterocycles. The second-order valence-electron chi connectivity index (χ2n) is 4.47. The van der Waals surface area contributed by atoms with Crippen LogP contribution in [-0.4, -0.2) is 23.2 Å². The number of aromatic nitrogens is 2. The largest absolute Gasteiger partial charge is 0.383 e. The van der Waals surface area contributed by atoms with E-state index >= 15 is 0 Å². The first-order valence-electron chi connectivity index (χ1n) is 6.09. The van der Waals surface area contributed by atoms with Gasteiger partial charge < -0.3 is 10.5 Å². The Morgan fingerprint density at radius 2 is 2.29 bits per heavy atom. The molecule has 0 amide bonds. The van der Waals surface area contributed by atoms with Crippen LogP contribution in [0.4, 0.5) is 5.82 Å². The molecular formula is C12H18IN3O. The van der Waals surface area contributed by atoms with Gasteiger partial charge in [-0.15, -0.1) is 0 Å². The Kier molecular flexibility index (Phi) is 4.55. The number of ether oxygens (including phenoxy) is 1. The molecular weight excluding hydrogens is 329 g/mol. The van der Waals surface area contributed by atoms with E-state index in [1.54, 1.807) is 0 Å². The van der Waals surface area contributed by atoms with Crippen molar-refractivity contribution < 1.29 is 4.74 Å². The third kappa shape index (κ3) is 3.28. The van der Waals surface area contributed by atoms with Gasteiger partial charge in [-0.25, -0.2) is 9.97 Å². The molecule has 4 nitrogen and oxygen atoms in total. The number of aryl methyl sites for hydroxylation is 1. The van der Waals surface area contributed by atoms with E-state index in [4.69, 9.17) is 10.5 Å². The Bertz CT molecular complexity index is 392. The molecule has 0 bridgehead atoms. The average Bonchev–Trinajstić information content (AvgIpc) is 2.78. The summed E-state index contributed by atoms with van der Waals surface area (Å²) in [5, 5.41) is 0. The molecule has 5 heteroatoms. The molecule has 17 heavy (non-hydrogen) atoms. The highest BCUT2D eigenvalue weighted by Crippen LogP contribution is 2.21. The summed E-state index contributed by atoms with van der Waals surface area (Å²) in [5.74, 6) is 2.06. The number of nitrogen functional groups attached to an aromatic ring is 1. The van der Waals surface area contributed by atoms with Gasteiger partial charge in [0.25, 0.3) is 0 Å². The van der Waals surface area contributed by atoms with Crippen molar-refractivity contribution in [2.75, 3.05) is 18.9 Å². The number of nitrogens with two attached hydrogens (primary N) is 1. The fraction of sp³-hybridized carbons (Fsp3) is 0.667. The summed E-state index contributed by atoms with van der Waals surface area (Å²) < 4.78 is 6.38. The van der Waals surface area contributed by atoms with Crippen molar-refractivity contribution in [1.82, 2.24) is 9.97 Å². The quantitative estimate of drug-likeness (QED) is 0.849. The molecule has 0 aliphatic carbocycles. The normalized spacial score (nSPS) is 19.8. The van der Waals surface area contributed by atoms with Crippen LogP contribution in [0.15, 0.2) is 0 Å². The van der Waals surface area contributed by atoms with Crippen molar-refractivity contribution in [2.45, 2.75) is 32.6 Å². The molecule has 1 saturated heterocycles. The van der Waals surface area contributed by atoms with E-state index in [0.29, 0.717) is 11.7 Å². The van der Waals surface area contributed by atoms with Gasteiger partial charge in [0, 0.05) is 19.6 Å². The Hall–Kier alpha value is -0.430. The summed E-state index contributed by atoms with van der Waals surface area (Å²) in [4.78, 5) is 9.01. The van der Waals surface area contributed by atoms with Gasteiger partial charge >= 0.3 is 0 Å². The summed E-state index contributed by atoms with van der Waals surface area (Å²) in [6.07, 6.45) is 4.05. The van der Waals surface area contributed by atoms with Gasteiger partial charge in [-0.3, -0.25) is 0 Å². The van der Waals surface area contributed by atoms with Gasteiger partial charge in [0.05, 0.1) is 9.26 Å². The third-order valence-corrected chi connectivity index (χ3v) is 4.15. The van der Waals surface area contributed by atoms with E-state index in [1.807, 2.05) is 0 Å². The van der Waals surface area contributed by atoms with Gasteiger partial charge in [0.15, 0.2) is 0 Å². The topological polar surface area (TPSA) is 61.0 Å². The van der Waals surface area contributed by atoms with Crippen LogP contribution in [0.25, 0.3) is 0 Å². The Morgan fingerprint density at radius 3 is 2.94 bits per heavy atom. The van der Waals surface area contributed by atoms with E-state index in [2.05, 4.69) is 39.5 Å². The van der Waals surface area contributed by atoms with Crippen LogP contribution in [0.5, 0.6) is 0 Å². The van der Waals surface area contributed by atoms with Crippen molar-refractivity contribution >= 4 is 28.4 Å². The van der Waals surface area contributed by atoms with Gasteiger partial charge in [-0.2, -0.15) is 0 Å². The Balaban J connectivity index is 2.16. The Morgan fingerprint density at radius 1 is 1.47 bits per heavy atom. The molecule has 2 heterocycles. The molecule has 1 aliphatic rings. The maximum atomic E-state index is 5.94. The van der Waals surface area contributed by atoms with Crippen molar-refractivity contribution in [3.8, 4) is 0 Å². The van der Waals surface area contributed by atoms with E-state index in [1.165, 1.54) is 0 Å². The summed E-state index contributed by atoms with van der Waals surface area (Å²) in [6, 6.07) is 0. The standard InChI is InChI=1S/C12H18IN3O/c1-2-3-9-11(13)12(14)16-10(15-9)6-8-4-5-17-7-8/h8H,2-7H2,1H3,(H2,14,15,16). The number of halogens is 1. The lowest BCUT2D eigenvalue weighted by molar-refractivity contribution is 0.185. The van der Waals surface area contributed by atoms with E-state index in [9.17, 15) is 0 Å². The minimum absolute atomic E-state index is 0.559. The zero-order valence-corrected chi connectivity index (χ0v) is 12.2. The molecule has 1 fully saturated rings. The van der Waals surface area contributed by atoms with Crippen molar-refractivity contribution in [3.05, 3.63) is 15.1 Å². The maximum Gasteiger partial charge on any atom is 0.140 e. The summed E-state index contributed by atoms with van der Waals surface area (Å²) >= 11 is 2.23. The van der Waals surface area contributed by atoms with Gasteiger partial charge in [0.1, 0.15) is 11.6 Å². The van der Waals surface area contributed by atoms with E-state index in [0.717, 1.165) is 54.0 Å². The summed E-state index contributed by atoms with van der Waals surface area (Å²) in [6.45, 7) is 3.85. The lowest BCUT2D eigenvalue weighted by Crippen LogP contribution is -2.12. The highest BCUT2D eigenvalue weighted by Gasteiger charge is 2.18. The van der Waals surface area contributed by atoms with Crippen LogP contribution in [0.1, 0.15) is 31.3 Å². The van der Waals surface area contributed by atoms with Crippen LogP contribution in [0.3, 0.4) is 0 Å². The number of nitrogens with zero attached hydrogens (tertiary/aromatic N) is 2. The zero-order chi connectivity index (χ0) is 12.3. The van der Waals surface area contributed by atoms with Crippen LogP contribution < -0.4 is 5.73 Å².